The number of hydrogen-bond acceptors (Lipinski definition) is 5. The van der Waals surface area contributed by atoms with Crippen molar-refractivity contribution in [3.05, 3.63) is 0 Å². The van der Waals surface area contributed by atoms with Gasteiger partial charge < -0.3 is 19.7 Å². The average molecular weight is 216 g/mol. The number of rotatable bonds is 1. The normalized spacial score (nSPS) is 44.9. The lowest BCUT2D eigenvalue weighted by Crippen LogP contribution is -2.43. The van der Waals surface area contributed by atoms with Gasteiger partial charge in [-0.3, -0.25) is 4.79 Å². The van der Waals surface area contributed by atoms with Crippen molar-refractivity contribution in [2.45, 2.75) is 44.9 Å². The van der Waals surface area contributed by atoms with Crippen molar-refractivity contribution in [2.75, 3.05) is 0 Å². The van der Waals surface area contributed by atoms with Gasteiger partial charge in [-0.2, -0.15) is 0 Å². The molecular formula is C10H16O5. The lowest BCUT2D eigenvalue weighted by Gasteiger charge is -2.35. The zero-order valence-corrected chi connectivity index (χ0v) is 8.63. The van der Waals surface area contributed by atoms with Gasteiger partial charge in [0, 0.05) is 13.3 Å². The van der Waals surface area contributed by atoms with Crippen molar-refractivity contribution in [2.24, 2.45) is 11.8 Å². The van der Waals surface area contributed by atoms with E-state index < -0.39 is 12.6 Å². The predicted octanol–water partition coefficient (Wildman–Crippen LogP) is 0.00140. The van der Waals surface area contributed by atoms with Crippen LogP contribution in [0.5, 0.6) is 0 Å². The Labute approximate surface area is 88.0 Å². The quantitative estimate of drug-likeness (QED) is 0.603. The minimum atomic E-state index is -1.02. The third-order valence-corrected chi connectivity index (χ3v) is 3.24. The lowest BCUT2D eigenvalue weighted by molar-refractivity contribution is -0.274. The molecule has 0 radical (unpaired) electrons. The van der Waals surface area contributed by atoms with Crippen LogP contribution in [-0.2, 0) is 14.3 Å². The second-order valence-corrected chi connectivity index (χ2v) is 4.28. The lowest BCUT2D eigenvalue weighted by atomic mass is 9.89. The molecule has 5 heteroatoms. The van der Waals surface area contributed by atoms with Gasteiger partial charge in [-0.25, -0.2) is 0 Å². The topological polar surface area (TPSA) is 76.0 Å². The van der Waals surface area contributed by atoms with Crippen molar-refractivity contribution in [3.8, 4) is 0 Å². The summed E-state index contributed by atoms with van der Waals surface area (Å²) >= 11 is 0. The Balaban J connectivity index is 2.04. The standard InChI is InChI=1S/C10H16O5/c1-5(11)14-7-3-2-6-4-8(12)15-10(13)9(6)7/h6-10,12-13H,2-4H2,1H3/t6-,7-,8?,9+,10?/m1/s1. The molecule has 5 nitrogen and oxygen atoms in total. The van der Waals surface area contributed by atoms with Gasteiger partial charge in [0.25, 0.3) is 0 Å². The molecule has 0 amide bonds. The molecule has 1 saturated heterocycles. The Morgan fingerprint density at radius 1 is 1.40 bits per heavy atom. The van der Waals surface area contributed by atoms with Crippen molar-refractivity contribution in [1.82, 2.24) is 0 Å². The van der Waals surface area contributed by atoms with Crippen LogP contribution in [0, 0.1) is 11.8 Å². The summed E-state index contributed by atoms with van der Waals surface area (Å²) in [6.07, 6.45) is -0.0697. The zero-order chi connectivity index (χ0) is 11.0. The van der Waals surface area contributed by atoms with Crippen molar-refractivity contribution in [1.29, 1.82) is 0 Å². The second-order valence-electron chi connectivity index (χ2n) is 4.28. The fourth-order valence-electron chi connectivity index (χ4n) is 2.68. The van der Waals surface area contributed by atoms with Crippen LogP contribution in [0.2, 0.25) is 0 Å². The highest BCUT2D eigenvalue weighted by molar-refractivity contribution is 5.66. The summed E-state index contributed by atoms with van der Waals surface area (Å²) < 4.78 is 10.1. The van der Waals surface area contributed by atoms with Gasteiger partial charge in [0.15, 0.2) is 12.6 Å². The molecule has 0 aromatic rings. The fraction of sp³-hybridized carbons (Fsp3) is 0.900. The smallest absolute Gasteiger partial charge is 0.302 e. The SMILES string of the molecule is CC(=O)O[C@@H]1CC[C@@H]2CC(O)OC(O)[C@@H]21. The van der Waals surface area contributed by atoms with E-state index in [0.29, 0.717) is 6.42 Å². The van der Waals surface area contributed by atoms with Crippen LogP contribution in [-0.4, -0.2) is 34.9 Å². The number of aliphatic hydroxyl groups is 2. The van der Waals surface area contributed by atoms with Crippen molar-refractivity contribution < 1.29 is 24.5 Å². The van der Waals surface area contributed by atoms with E-state index in [4.69, 9.17) is 9.47 Å². The summed E-state index contributed by atoms with van der Waals surface area (Å²) in [5.74, 6) is -0.329. The summed E-state index contributed by atoms with van der Waals surface area (Å²) in [4.78, 5) is 10.9. The minimum absolute atomic E-state index is 0.183. The van der Waals surface area contributed by atoms with E-state index in [1.54, 1.807) is 0 Å². The third kappa shape index (κ3) is 2.14. The molecule has 1 aliphatic carbocycles. The first-order valence-electron chi connectivity index (χ1n) is 5.26. The second kappa shape index (κ2) is 4.08. The molecule has 2 N–H and O–H groups in total. The van der Waals surface area contributed by atoms with Crippen LogP contribution in [0.25, 0.3) is 0 Å². The number of hydrogen-bond donors (Lipinski definition) is 2. The van der Waals surface area contributed by atoms with E-state index in [0.717, 1.165) is 12.8 Å². The highest BCUT2D eigenvalue weighted by Crippen LogP contribution is 2.42. The summed E-state index contributed by atoms with van der Waals surface area (Å²) in [5, 5.41) is 19.0. The van der Waals surface area contributed by atoms with E-state index in [1.807, 2.05) is 0 Å². The molecule has 0 aromatic carbocycles. The molecule has 2 aliphatic rings. The van der Waals surface area contributed by atoms with E-state index in [-0.39, 0.29) is 23.9 Å². The Morgan fingerprint density at radius 2 is 2.13 bits per heavy atom. The number of carbonyl (C=O) groups excluding carboxylic acids is 1. The first-order chi connectivity index (χ1) is 7.08. The van der Waals surface area contributed by atoms with Crippen LogP contribution in [0.3, 0.4) is 0 Å². The summed E-state index contributed by atoms with van der Waals surface area (Å²) in [6, 6.07) is 0. The van der Waals surface area contributed by atoms with E-state index in [1.165, 1.54) is 6.92 Å². The van der Waals surface area contributed by atoms with E-state index >= 15 is 0 Å². The molecule has 0 aromatic heterocycles. The largest absolute Gasteiger partial charge is 0.462 e. The maximum atomic E-state index is 10.9. The molecule has 86 valence electrons. The number of aliphatic hydroxyl groups excluding tert-OH is 2. The molecule has 2 unspecified atom stereocenters. The molecule has 5 atom stereocenters. The molecule has 0 bridgehead atoms. The monoisotopic (exact) mass is 216 g/mol. The Bertz CT molecular complexity index is 254. The van der Waals surface area contributed by atoms with Crippen LogP contribution in [0.4, 0.5) is 0 Å². The number of esters is 1. The Kier molecular flexibility index (Phi) is 2.95. The van der Waals surface area contributed by atoms with Crippen molar-refractivity contribution in [3.63, 3.8) is 0 Å². The van der Waals surface area contributed by atoms with Crippen molar-refractivity contribution >= 4 is 5.97 Å². The van der Waals surface area contributed by atoms with Gasteiger partial charge in [0.1, 0.15) is 6.10 Å². The number of fused-ring (bicyclic) bond motifs is 1. The van der Waals surface area contributed by atoms with Gasteiger partial charge in [-0.05, 0) is 18.8 Å². The van der Waals surface area contributed by atoms with Gasteiger partial charge in [-0.15, -0.1) is 0 Å². The highest BCUT2D eigenvalue weighted by atomic mass is 16.7. The van der Waals surface area contributed by atoms with E-state index in [9.17, 15) is 15.0 Å². The molecule has 15 heavy (non-hydrogen) atoms. The third-order valence-electron chi connectivity index (χ3n) is 3.24. The van der Waals surface area contributed by atoms with Crippen LogP contribution in [0.15, 0.2) is 0 Å². The number of ether oxygens (including phenoxy) is 2. The average Bonchev–Trinajstić information content (AvgIpc) is 2.46. The molecule has 1 saturated carbocycles. The summed E-state index contributed by atoms with van der Waals surface area (Å²) in [7, 11) is 0. The molecular weight excluding hydrogens is 200 g/mol. The van der Waals surface area contributed by atoms with Gasteiger partial charge in [0.05, 0.1) is 5.92 Å². The first kappa shape index (κ1) is 10.9. The summed E-state index contributed by atoms with van der Waals surface area (Å²) in [6.45, 7) is 1.36. The zero-order valence-electron chi connectivity index (χ0n) is 8.63. The van der Waals surface area contributed by atoms with Crippen LogP contribution in [0.1, 0.15) is 26.2 Å². The predicted molar refractivity (Wildman–Crippen MR) is 49.5 cm³/mol. The first-order valence-corrected chi connectivity index (χ1v) is 5.26. The van der Waals surface area contributed by atoms with Crippen LogP contribution >= 0.6 is 0 Å². The number of carbonyl (C=O) groups is 1. The highest BCUT2D eigenvalue weighted by Gasteiger charge is 2.47. The maximum Gasteiger partial charge on any atom is 0.302 e. The summed E-state index contributed by atoms with van der Waals surface area (Å²) in [5.41, 5.74) is 0. The minimum Gasteiger partial charge on any atom is -0.462 e. The van der Waals surface area contributed by atoms with Gasteiger partial charge in [0.2, 0.25) is 0 Å². The molecule has 2 rings (SSSR count). The van der Waals surface area contributed by atoms with E-state index in [2.05, 4.69) is 0 Å². The van der Waals surface area contributed by atoms with Crippen LogP contribution < -0.4 is 0 Å². The Hall–Kier alpha value is -0.650. The Morgan fingerprint density at radius 3 is 2.80 bits per heavy atom. The molecule has 2 fully saturated rings. The fourth-order valence-corrected chi connectivity index (χ4v) is 2.68. The molecule has 1 heterocycles. The maximum absolute atomic E-state index is 10.9. The van der Waals surface area contributed by atoms with Gasteiger partial charge in [-0.1, -0.05) is 0 Å². The molecule has 1 aliphatic heterocycles. The molecule has 0 spiro atoms. The van der Waals surface area contributed by atoms with Gasteiger partial charge >= 0.3 is 5.97 Å².